The average molecular weight is 145 g/mol. The molecule has 1 aliphatic carbocycles. The highest BCUT2D eigenvalue weighted by molar-refractivity contribution is 5.27. The van der Waals surface area contributed by atoms with E-state index in [0.717, 1.165) is 6.08 Å². The highest BCUT2D eigenvalue weighted by Gasteiger charge is 2.33. The summed E-state index contributed by atoms with van der Waals surface area (Å²) in [6, 6.07) is 0. The lowest BCUT2D eigenvalue weighted by atomic mass is 10.1. The van der Waals surface area contributed by atoms with Crippen LogP contribution in [0.15, 0.2) is 17.7 Å². The largest absolute Gasteiger partial charge is 0.413 e. The fourth-order valence-electron chi connectivity index (χ4n) is 0.601. The third-order valence-corrected chi connectivity index (χ3v) is 1.05. The maximum atomic E-state index is 11.8. The van der Waals surface area contributed by atoms with Gasteiger partial charge in [-0.15, -0.1) is 0 Å². The molecule has 0 nitrogen and oxygen atoms in total. The summed E-state index contributed by atoms with van der Waals surface area (Å²) >= 11 is 0. The second kappa shape index (κ2) is 2.48. The van der Waals surface area contributed by atoms with Gasteiger partial charge in [0.15, 0.2) is 0 Å². The molecule has 10 heavy (non-hydrogen) atoms. The minimum Gasteiger partial charge on any atom is -0.166 e. The van der Waals surface area contributed by atoms with E-state index in [1.807, 2.05) is 0 Å². The third-order valence-electron chi connectivity index (χ3n) is 1.05. The Kier molecular flexibility index (Phi) is 1.83. The van der Waals surface area contributed by atoms with Crippen molar-refractivity contribution in [1.29, 1.82) is 0 Å². The molecule has 3 heteroatoms. The van der Waals surface area contributed by atoms with E-state index in [9.17, 15) is 13.2 Å². The quantitative estimate of drug-likeness (QED) is 0.490. The van der Waals surface area contributed by atoms with Crippen molar-refractivity contribution in [3.05, 3.63) is 30.2 Å². The molecule has 0 bridgehead atoms. The summed E-state index contributed by atoms with van der Waals surface area (Å²) in [6.07, 6.45) is 2.83. The maximum Gasteiger partial charge on any atom is 0.413 e. The minimum absolute atomic E-state index is 0.130. The predicted octanol–water partition coefficient (Wildman–Crippen LogP) is 2.32. The lowest BCUT2D eigenvalue weighted by molar-refractivity contribution is -0.0900. The van der Waals surface area contributed by atoms with Gasteiger partial charge in [0.2, 0.25) is 0 Å². The molecule has 0 aliphatic heterocycles. The van der Waals surface area contributed by atoms with Crippen molar-refractivity contribution in [2.75, 3.05) is 0 Å². The van der Waals surface area contributed by atoms with E-state index in [4.69, 9.17) is 0 Å². The Bertz CT molecular complexity index is 174. The van der Waals surface area contributed by atoms with Crippen LogP contribution in [0.4, 0.5) is 13.2 Å². The number of hydrogen-bond donors (Lipinski definition) is 0. The topological polar surface area (TPSA) is 0 Å². The highest BCUT2D eigenvalue weighted by Crippen LogP contribution is 2.29. The standard InChI is InChI=1S/C7H4F3/c8-7(9,10)6-4-2-1-3-5-6/h2,4H,3H2. The normalized spacial score (nSPS) is 18.9. The van der Waals surface area contributed by atoms with Crippen LogP contribution in [0.25, 0.3) is 0 Å². The molecule has 53 valence electrons. The van der Waals surface area contributed by atoms with Gasteiger partial charge in [-0.2, -0.15) is 13.2 Å². The van der Waals surface area contributed by atoms with Crippen LogP contribution >= 0.6 is 0 Å². The van der Waals surface area contributed by atoms with Crippen molar-refractivity contribution in [2.45, 2.75) is 12.6 Å². The van der Waals surface area contributed by atoms with Gasteiger partial charge in [0.25, 0.3) is 0 Å². The molecule has 0 aromatic rings. The highest BCUT2D eigenvalue weighted by atomic mass is 19.4. The van der Waals surface area contributed by atoms with Crippen LogP contribution in [0.5, 0.6) is 0 Å². The van der Waals surface area contributed by atoms with Crippen molar-refractivity contribution in [3.8, 4) is 0 Å². The molecule has 0 saturated carbocycles. The van der Waals surface area contributed by atoms with Crippen LogP contribution in [0.1, 0.15) is 6.42 Å². The predicted molar refractivity (Wildman–Crippen MR) is 29.8 cm³/mol. The Morgan fingerprint density at radius 3 is 2.40 bits per heavy atom. The fourth-order valence-corrected chi connectivity index (χ4v) is 0.601. The van der Waals surface area contributed by atoms with E-state index in [2.05, 4.69) is 12.5 Å². The van der Waals surface area contributed by atoms with Crippen molar-refractivity contribution in [3.63, 3.8) is 0 Å². The molecule has 0 aromatic heterocycles. The number of hydrogen-bond acceptors (Lipinski definition) is 0. The molecular formula is C7H4F3. The first-order chi connectivity index (χ1) is 4.61. The van der Waals surface area contributed by atoms with Gasteiger partial charge in [0, 0.05) is 12.0 Å². The van der Waals surface area contributed by atoms with E-state index in [1.54, 1.807) is 0 Å². The monoisotopic (exact) mass is 145 g/mol. The van der Waals surface area contributed by atoms with Gasteiger partial charge in [-0.3, -0.25) is 0 Å². The zero-order chi connectivity index (χ0) is 7.61. The first-order valence-corrected chi connectivity index (χ1v) is 2.68. The minimum atomic E-state index is -4.25. The second-order valence-corrected chi connectivity index (χ2v) is 1.80. The van der Waals surface area contributed by atoms with Gasteiger partial charge < -0.3 is 0 Å². The summed E-state index contributed by atoms with van der Waals surface area (Å²) in [5.41, 5.74) is -0.703. The molecular weight excluding hydrogens is 141 g/mol. The number of alkyl halides is 3. The van der Waals surface area contributed by atoms with Crippen LogP contribution in [-0.4, -0.2) is 6.18 Å². The van der Waals surface area contributed by atoms with E-state index in [0.29, 0.717) is 0 Å². The van der Waals surface area contributed by atoms with Crippen molar-refractivity contribution >= 4 is 0 Å². The van der Waals surface area contributed by atoms with Crippen molar-refractivity contribution < 1.29 is 13.2 Å². The zero-order valence-electron chi connectivity index (χ0n) is 5.00. The summed E-state index contributed by atoms with van der Waals surface area (Å²) in [5, 5.41) is 0. The summed E-state index contributed by atoms with van der Waals surface area (Å²) in [6.45, 7) is 0. The Labute approximate surface area is 57.0 Å². The number of halogens is 3. The molecule has 0 atom stereocenters. The first kappa shape index (κ1) is 7.38. The second-order valence-electron chi connectivity index (χ2n) is 1.80. The van der Waals surface area contributed by atoms with E-state index < -0.39 is 11.7 Å². The molecule has 0 aromatic carbocycles. The van der Waals surface area contributed by atoms with Gasteiger partial charge in [-0.25, -0.2) is 0 Å². The molecule has 0 saturated heterocycles. The van der Waals surface area contributed by atoms with E-state index >= 15 is 0 Å². The average Bonchev–Trinajstić information content (AvgIpc) is 1.88. The SMILES string of the molecule is FC(F)(F)C1=CC=[C]C[C]1. The maximum absolute atomic E-state index is 11.8. The van der Waals surface area contributed by atoms with Gasteiger partial charge >= 0.3 is 6.18 Å². The van der Waals surface area contributed by atoms with E-state index in [-0.39, 0.29) is 6.42 Å². The Morgan fingerprint density at radius 2 is 2.10 bits per heavy atom. The first-order valence-electron chi connectivity index (χ1n) is 2.68. The van der Waals surface area contributed by atoms with Crippen molar-refractivity contribution in [2.24, 2.45) is 0 Å². The van der Waals surface area contributed by atoms with Crippen LogP contribution in [0.3, 0.4) is 0 Å². The molecule has 0 unspecified atom stereocenters. The van der Waals surface area contributed by atoms with Crippen LogP contribution in [-0.2, 0) is 0 Å². The molecule has 0 N–H and O–H groups in total. The number of rotatable bonds is 0. The van der Waals surface area contributed by atoms with Gasteiger partial charge in [0.05, 0.1) is 0 Å². The Balaban J connectivity index is 2.72. The van der Waals surface area contributed by atoms with Gasteiger partial charge in [-0.05, 0) is 12.5 Å². The molecule has 0 fully saturated rings. The molecule has 0 amide bonds. The van der Waals surface area contributed by atoms with Crippen LogP contribution in [0.2, 0.25) is 0 Å². The Hall–Kier alpha value is -0.730. The molecule has 0 heterocycles. The fraction of sp³-hybridized carbons (Fsp3) is 0.286. The molecule has 0 spiro atoms. The lowest BCUT2D eigenvalue weighted by Crippen LogP contribution is -2.12. The Morgan fingerprint density at radius 1 is 1.40 bits per heavy atom. The summed E-state index contributed by atoms with van der Waals surface area (Å²) in [5.74, 6) is 0. The lowest BCUT2D eigenvalue weighted by Gasteiger charge is -2.10. The molecule has 1 rings (SSSR count). The van der Waals surface area contributed by atoms with Gasteiger partial charge in [0.1, 0.15) is 0 Å². The smallest absolute Gasteiger partial charge is 0.166 e. The van der Waals surface area contributed by atoms with Gasteiger partial charge in [-0.1, -0.05) is 12.2 Å². The zero-order valence-corrected chi connectivity index (χ0v) is 5.00. The summed E-state index contributed by atoms with van der Waals surface area (Å²) < 4.78 is 35.3. The van der Waals surface area contributed by atoms with Crippen molar-refractivity contribution in [1.82, 2.24) is 0 Å². The summed E-state index contributed by atoms with van der Waals surface area (Å²) in [7, 11) is 0. The number of allylic oxidation sites excluding steroid dienone is 4. The summed E-state index contributed by atoms with van der Waals surface area (Å²) in [4.78, 5) is 0. The molecule has 1 aliphatic rings. The van der Waals surface area contributed by atoms with Crippen LogP contribution in [0, 0.1) is 12.5 Å². The van der Waals surface area contributed by atoms with E-state index in [1.165, 1.54) is 6.08 Å². The molecule has 3 radical (unpaired) electrons. The van der Waals surface area contributed by atoms with Crippen LogP contribution < -0.4 is 0 Å². The third kappa shape index (κ3) is 1.62.